The van der Waals surface area contributed by atoms with Crippen LogP contribution in [-0.2, 0) is 33.4 Å². The highest BCUT2D eigenvalue weighted by molar-refractivity contribution is 5.93. The molecule has 0 amide bonds. The zero-order valence-corrected chi connectivity index (χ0v) is 18.9. The lowest BCUT2D eigenvalue weighted by molar-refractivity contribution is -0.210. The summed E-state index contributed by atoms with van der Waals surface area (Å²) in [5, 5.41) is 0. The predicted octanol–water partition coefficient (Wildman–Crippen LogP) is 3.39. The molecule has 0 N–H and O–H groups in total. The number of ether oxygens (including phenoxy) is 3. The molecule has 7 atom stereocenters. The van der Waals surface area contributed by atoms with Gasteiger partial charge in [0.05, 0.1) is 31.5 Å². The Kier molecular flexibility index (Phi) is 5.67. The molecule has 2 saturated carbocycles. The van der Waals surface area contributed by atoms with E-state index < -0.39 is 52.7 Å². The van der Waals surface area contributed by atoms with Crippen LogP contribution in [0.3, 0.4) is 0 Å². The van der Waals surface area contributed by atoms with Crippen molar-refractivity contribution in [2.24, 2.45) is 28.6 Å². The summed E-state index contributed by atoms with van der Waals surface area (Å²) < 4.78 is 21.5. The Balaban J connectivity index is 1.78. The number of hydrogen-bond acceptors (Lipinski definition) is 8. The highest BCUT2D eigenvalue weighted by atomic mass is 16.6. The fourth-order valence-corrected chi connectivity index (χ4v) is 6.51. The van der Waals surface area contributed by atoms with E-state index in [1.54, 1.807) is 13.0 Å². The van der Waals surface area contributed by atoms with Gasteiger partial charge in [0.1, 0.15) is 6.10 Å². The van der Waals surface area contributed by atoms with Crippen LogP contribution in [0.5, 0.6) is 0 Å². The van der Waals surface area contributed by atoms with Crippen molar-refractivity contribution in [1.82, 2.24) is 0 Å². The van der Waals surface area contributed by atoms with E-state index in [0.29, 0.717) is 19.3 Å². The van der Waals surface area contributed by atoms with Crippen LogP contribution in [0.2, 0.25) is 0 Å². The van der Waals surface area contributed by atoms with Crippen molar-refractivity contribution in [3.8, 4) is 0 Å². The highest BCUT2D eigenvalue weighted by Gasteiger charge is 2.67. The fraction of sp³-hybridized carbons (Fsp3) is 0.667. The summed E-state index contributed by atoms with van der Waals surface area (Å²) >= 11 is 0. The van der Waals surface area contributed by atoms with Crippen LogP contribution >= 0.6 is 0 Å². The summed E-state index contributed by atoms with van der Waals surface area (Å²) in [6.45, 7) is 5.52. The third kappa shape index (κ3) is 3.35. The van der Waals surface area contributed by atoms with E-state index in [9.17, 15) is 19.2 Å². The number of methoxy groups -OCH3 is 1. The number of fused-ring (bicyclic) bond motifs is 3. The Morgan fingerprint density at radius 1 is 1.22 bits per heavy atom. The van der Waals surface area contributed by atoms with Gasteiger partial charge in [-0.05, 0) is 36.2 Å². The Hall–Kier alpha value is -2.64. The van der Waals surface area contributed by atoms with Gasteiger partial charge in [-0.15, -0.1) is 0 Å². The normalized spacial score (nSPS) is 38.8. The summed E-state index contributed by atoms with van der Waals surface area (Å²) in [4.78, 5) is 51.8. The van der Waals surface area contributed by atoms with Gasteiger partial charge in [-0.25, -0.2) is 0 Å². The smallest absolute Gasteiger partial charge is 0.310 e. The molecule has 32 heavy (non-hydrogen) atoms. The lowest BCUT2D eigenvalue weighted by Gasteiger charge is -2.61. The lowest BCUT2D eigenvalue weighted by Crippen LogP contribution is -2.64. The van der Waals surface area contributed by atoms with E-state index >= 15 is 0 Å². The van der Waals surface area contributed by atoms with Gasteiger partial charge >= 0.3 is 17.9 Å². The van der Waals surface area contributed by atoms with Crippen molar-refractivity contribution >= 4 is 23.7 Å². The Morgan fingerprint density at radius 3 is 2.59 bits per heavy atom. The largest absolute Gasteiger partial charge is 0.472 e. The lowest BCUT2D eigenvalue weighted by atomic mass is 9.43. The summed E-state index contributed by atoms with van der Waals surface area (Å²) in [6, 6.07) is 1.75. The van der Waals surface area contributed by atoms with Crippen molar-refractivity contribution < 1.29 is 37.8 Å². The topological polar surface area (TPSA) is 109 Å². The van der Waals surface area contributed by atoms with Gasteiger partial charge in [-0.3, -0.25) is 19.2 Å². The highest BCUT2D eigenvalue weighted by Crippen LogP contribution is 2.65. The molecule has 2 aliphatic carbocycles. The van der Waals surface area contributed by atoms with Gasteiger partial charge in [-0.2, -0.15) is 0 Å². The quantitative estimate of drug-likeness (QED) is 0.511. The van der Waals surface area contributed by atoms with E-state index in [-0.39, 0.29) is 24.6 Å². The van der Waals surface area contributed by atoms with Crippen LogP contribution in [0.15, 0.2) is 23.0 Å². The second kappa shape index (κ2) is 8.05. The van der Waals surface area contributed by atoms with Crippen molar-refractivity contribution in [2.45, 2.75) is 65.1 Å². The van der Waals surface area contributed by atoms with Gasteiger partial charge in [0.25, 0.3) is 0 Å². The van der Waals surface area contributed by atoms with Crippen LogP contribution in [0.4, 0.5) is 0 Å². The number of rotatable bonds is 4. The molecule has 8 nitrogen and oxygen atoms in total. The van der Waals surface area contributed by atoms with Crippen molar-refractivity contribution in [2.75, 3.05) is 7.11 Å². The molecule has 0 bridgehead atoms. The minimum absolute atomic E-state index is 0.0978. The van der Waals surface area contributed by atoms with Gasteiger partial charge < -0.3 is 18.6 Å². The molecule has 3 fully saturated rings. The first-order valence-corrected chi connectivity index (χ1v) is 11.2. The van der Waals surface area contributed by atoms with Crippen molar-refractivity contribution in [1.29, 1.82) is 0 Å². The maximum Gasteiger partial charge on any atom is 0.310 e. The Labute approximate surface area is 186 Å². The standard InChI is InChI=1S/C24H30O8/c1-5-18(25)31-16-10-15(21(27)29-4)23(2)8-6-14-22(28)32-17(13-7-9-30-12-13)11-24(14,3)20(23)19(16)26/h7,9,12,14-17,20H,5-6,8,10-11H2,1-4H3/t14?,15-,16-,17-,20?,23-,24-/m0/s1. The zero-order valence-electron chi connectivity index (χ0n) is 18.9. The van der Waals surface area contributed by atoms with Crippen LogP contribution in [-0.4, -0.2) is 36.9 Å². The summed E-state index contributed by atoms with van der Waals surface area (Å²) in [7, 11) is 1.32. The Morgan fingerprint density at radius 2 is 1.97 bits per heavy atom. The Bertz CT molecular complexity index is 920. The van der Waals surface area contributed by atoms with E-state index in [0.717, 1.165) is 5.56 Å². The molecule has 174 valence electrons. The molecule has 1 aromatic rings. The predicted molar refractivity (Wildman–Crippen MR) is 110 cm³/mol. The monoisotopic (exact) mass is 446 g/mol. The minimum Gasteiger partial charge on any atom is -0.472 e. The number of Topliss-reactive ketones (excluding diaryl/α,β-unsaturated/α-hetero) is 1. The number of carbonyl (C=O) groups excluding carboxylic acids is 4. The average molecular weight is 446 g/mol. The van der Waals surface area contributed by atoms with E-state index in [2.05, 4.69) is 0 Å². The number of ketones is 1. The van der Waals surface area contributed by atoms with Crippen LogP contribution in [0, 0.1) is 28.6 Å². The third-order valence-corrected chi connectivity index (χ3v) is 8.07. The van der Waals surface area contributed by atoms with Crippen LogP contribution < -0.4 is 0 Å². The number of hydrogen-bond donors (Lipinski definition) is 0. The van der Waals surface area contributed by atoms with Gasteiger partial charge in [-0.1, -0.05) is 20.8 Å². The summed E-state index contributed by atoms with van der Waals surface area (Å²) in [6.07, 6.45) is 3.13. The molecule has 3 aliphatic rings. The minimum atomic E-state index is -1.04. The zero-order chi connectivity index (χ0) is 23.3. The first kappa shape index (κ1) is 22.6. The van der Waals surface area contributed by atoms with E-state index in [1.807, 2.05) is 13.8 Å². The molecular formula is C24H30O8. The van der Waals surface area contributed by atoms with Gasteiger partial charge in [0.2, 0.25) is 0 Å². The number of carbonyl (C=O) groups is 4. The van der Waals surface area contributed by atoms with Gasteiger partial charge in [0, 0.05) is 24.3 Å². The molecule has 2 heterocycles. The SMILES string of the molecule is CCC(=O)O[C@H]1C[C@@H](C(=O)OC)[C@]2(C)CCC3C(=O)O[C@H](c4ccoc4)C[C@]3(C)C2C1=O. The fourth-order valence-electron chi connectivity index (χ4n) is 6.51. The number of cyclic esters (lactones) is 1. The molecule has 2 unspecified atom stereocenters. The molecule has 0 spiro atoms. The van der Waals surface area contributed by atoms with E-state index in [1.165, 1.54) is 19.6 Å². The third-order valence-electron chi connectivity index (χ3n) is 8.07. The molecule has 0 aromatic carbocycles. The summed E-state index contributed by atoms with van der Waals surface area (Å²) in [5.74, 6) is -3.24. The molecule has 1 saturated heterocycles. The maximum atomic E-state index is 13.8. The number of furan rings is 1. The molecular weight excluding hydrogens is 416 g/mol. The molecule has 1 aromatic heterocycles. The van der Waals surface area contributed by atoms with Crippen molar-refractivity contribution in [3.05, 3.63) is 24.2 Å². The molecule has 0 radical (unpaired) electrons. The van der Waals surface area contributed by atoms with Crippen LogP contribution in [0.1, 0.15) is 64.5 Å². The van der Waals surface area contributed by atoms with Crippen LogP contribution in [0.25, 0.3) is 0 Å². The molecule has 1 aliphatic heterocycles. The second-order valence-electron chi connectivity index (χ2n) is 9.77. The van der Waals surface area contributed by atoms with Crippen molar-refractivity contribution in [3.63, 3.8) is 0 Å². The summed E-state index contributed by atoms with van der Waals surface area (Å²) in [5.41, 5.74) is -0.763. The molecule has 4 rings (SSSR count). The first-order chi connectivity index (χ1) is 15.2. The maximum absolute atomic E-state index is 13.8. The first-order valence-electron chi connectivity index (χ1n) is 11.2. The van der Waals surface area contributed by atoms with E-state index in [4.69, 9.17) is 18.6 Å². The average Bonchev–Trinajstić information content (AvgIpc) is 3.29. The number of esters is 3. The van der Waals surface area contributed by atoms with Gasteiger partial charge in [0.15, 0.2) is 11.9 Å². The molecule has 8 heteroatoms. The second-order valence-corrected chi connectivity index (χ2v) is 9.77.